The smallest absolute Gasteiger partial charge is 0.406 e. The van der Waals surface area contributed by atoms with Crippen molar-refractivity contribution in [2.45, 2.75) is 13.0 Å². The maximum absolute atomic E-state index is 11.8. The summed E-state index contributed by atoms with van der Waals surface area (Å²) in [4.78, 5) is 3.77. The van der Waals surface area contributed by atoms with Gasteiger partial charge in [0, 0.05) is 12.1 Å². The lowest BCUT2D eigenvalue weighted by atomic mass is 10.3. The molecule has 0 saturated heterocycles. The molecule has 1 N–H and O–H groups in total. The van der Waals surface area contributed by atoms with Crippen LogP contribution in [0.25, 0.3) is 0 Å². The topological polar surface area (TPSA) is 42.4 Å². The molecule has 0 aliphatic heterocycles. The van der Waals surface area contributed by atoms with Gasteiger partial charge in [-0.1, -0.05) is 0 Å². The fourth-order valence-corrected chi connectivity index (χ4v) is 1.42. The summed E-state index contributed by atoms with van der Waals surface area (Å²) >= 11 is 1.74. The molecular weight excluding hydrogens is 314 g/mol. The number of alkyl halides is 3. The zero-order valence-electron chi connectivity index (χ0n) is 6.68. The number of aromatic nitrogens is 1. The molecular formula is C7H5F3INO2. The Morgan fingerprint density at radius 1 is 1.43 bits per heavy atom. The van der Waals surface area contributed by atoms with Gasteiger partial charge in [-0.15, -0.1) is 13.2 Å². The first-order valence-electron chi connectivity index (χ1n) is 3.44. The highest BCUT2D eigenvalue weighted by atomic mass is 127. The van der Waals surface area contributed by atoms with Crippen molar-refractivity contribution < 1.29 is 23.0 Å². The summed E-state index contributed by atoms with van der Waals surface area (Å²) in [5.74, 6) is -0.374. The first kappa shape index (κ1) is 11.5. The Bertz CT molecular complexity index is 329. The molecule has 7 heteroatoms. The third-order valence-corrected chi connectivity index (χ3v) is 1.77. The van der Waals surface area contributed by atoms with Crippen LogP contribution in [-0.4, -0.2) is 16.5 Å². The average molecular weight is 319 g/mol. The summed E-state index contributed by atoms with van der Waals surface area (Å²) < 4.78 is 39.4. The van der Waals surface area contributed by atoms with Gasteiger partial charge >= 0.3 is 6.36 Å². The predicted molar refractivity (Wildman–Crippen MR) is 49.6 cm³/mol. The van der Waals surface area contributed by atoms with Gasteiger partial charge in [-0.25, -0.2) is 4.98 Å². The molecule has 0 amide bonds. The molecule has 0 bridgehead atoms. The van der Waals surface area contributed by atoms with Gasteiger partial charge in [0.2, 0.25) is 0 Å². The van der Waals surface area contributed by atoms with E-state index in [2.05, 4.69) is 9.72 Å². The first-order chi connectivity index (χ1) is 6.40. The molecule has 0 aliphatic rings. The van der Waals surface area contributed by atoms with Gasteiger partial charge in [0.15, 0.2) is 0 Å². The number of nitrogens with zero attached hydrogens (tertiary/aromatic N) is 1. The molecule has 1 rings (SSSR count). The fraction of sp³-hybridized carbons (Fsp3) is 0.286. The van der Waals surface area contributed by atoms with Crippen LogP contribution in [0.5, 0.6) is 5.75 Å². The van der Waals surface area contributed by atoms with Gasteiger partial charge in [0.1, 0.15) is 9.45 Å². The van der Waals surface area contributed by atoms with Gasteiger partial charge in [-0.3, -0.25) is 0 Å². The Labute approximate surface area is 91.0 Å². The Hall–Kier alpha value is -0.570. The predicted octanol–water partition coefficient (Wildman–Crippen LogP) is 2.08. The van der Waals surface area contributed by atoms with Crippen LogP contribution in [0.1, 0.15) is 5.69 Å². The van der Waals surface area contributed by atoms with Gasteiger partial charge < -0.3 is 9.84 Å². The van der Waals surface area contributed by atoms with E-state index in [1.54, 1.807) is 22.6 Å². The molecule has 0 atom stereocenters. The summed E-state index contributed by atoms with van der Waals surface area (Å²) in [5, 5.41) is 8.68. The van der Waals surface area contributed by atoms with Gasteiger partial charge in [0.05, 0.1) is 12.3 Å². The number of halogens is 4. The lowest BCUT2D eigenvalue weighted by Crippen LogP contribution is -2.17. The lowest BCUT2D eigenvalue weighted by Gasteiger charge is -2.09. The van der Waals surface area contributed by atoms with Crippen LogP contribution < -0.4 is 4.74 Å². The molecule has 3 nitrogen and oxygen atoms in total. The third-order valence-electron chi connectivity index (χ3n) is 1.22. The minimum atomic E-state index is -4.73. The maximum atomic E-state index is 11.8. The van der Waals surface area contributed by atoms with E-state index in [4.69, 9.17) is 5.11 Å². The van der Waals surface area contributed by atoms with Crippen molar-refractivity contribution in [3.8, 4) is 5.75 Å². The molecule has 78 valence electrons. The molecule has 0 radical (unpaired) electrons. The highest BCUT2D eigenvalue weighted by Crippen LogP contribution is 2.24. The largest absolute Gasteiger partial charge is 0.573 e. The van der Waals surface area contributed by atoms with Crippen LogP contribution in [0.15, 0.2) is 12.1 Å². The number of aliphatic hydroxyl groups is 1. The number of ether oxygens (including phenoxy) is 1. The zero-order chi connectivity index (χ0) is 10.8. The van der Waals surface area contributed by atoms with E-state index in [1.807, 2.05) is 0 Å². The van der Waals surface area contributed by atoms with Crippen molar-refractivity contribution in [2.75, 3.05) is 0 Å². The molecule has 1 aromatic rings. The van der Waals surface area contributed by atoms with E-state index in [0.29, 0.717) is 3.70 Å². The number of hydrogen-bond acceptors (Lipinski definition) is 3. The van der Waals surface area contributed by atoms with Crippen LogP contribution in [0.3, 0.4) is 0 Å². The first-order valence-corrected chi connectivity index (χ1v) is 4.51. The summed E-state index contributed by atoms with van der Waals surface area (Å²) in [6.45, 7) is -0.426. The molecule has 1 aromatic heterocycles. The molecule has 0 aromatic carbocycles. The average Bonchev–Trinajstić information content (AvgIpc) is 1.99. The van der Waals surface area contributed by atoms with E-state index in [9.17, 15) is 13.2 Å². The molecule has 0 saturated carbocycles. The van der Waals surface area contributed by atoms with Gasteiger partial charge in [0.25, 0.3) is 0 Å². The molecule has 0 aliphatic carbocycles. The summed E-state index contributed by atoms with van der Waals surface area (Å²) in [5.41, 5.74) is 0.135. The Balaban J connectivity index is 2.92. The van der Waals surface area contributed by atoms with Crippen LogP contribution in [-0.2, 0) is 6.61 Å². The van der Waals surface area contributed by atoms with Crippen molar-refractivity contribution in [3.63, 3.8) is 0 Å². The Kier molecular flexibility index (Phi) is 3.53. The minimum absolute atomic E-state index is 0.135. The Morgan fingerprint density at radius 2 is 2.07 bits per heavy atom. The summed E-state index contributed by atoms with van der Waals surface area (Å²) in [6.07, 6.45) is -4.73. The van der Waals surface area contributed by atoms with Gasteiger partial charge in [-0.2, -0.15) is 0 Å². The van der Waals surface area contributed by atoms with Crippen molar-refractivity contribution in [1.29, 1.82) is 0 Å². The van der Waals surface area contributed by atoms with Crippen LogP contribution in [0.2, 0.25) is 0 Å². The lowest BCUT2D eigenvalue weighted by molar-refractivity contribution is -0.274. The number of pyridine rings is 1. The summed E-state index contributed by atoms with van der Waals surface area (Å²) in [7, 11) is 0. The van der Waals surface area contributed by atoms with Crippen LogP contribution >= 0.6 is 22.6 Å². The summed E-state index contributed by atoms with van der Waals surface area (Å²) in [6, 6.07) is 2.17. The molecule has 14 heavy (non-hydrogen) atoms. The number of aliphatic hydroxyl groups excluding tert-OH is 1. The zero-order valence-corrected chi connectivity index (χ0v) is 8.83. The second-order valence-corrected chi connectivity index (χ2v) is 3.43. The standard InChI is InChI=1S/C7H5F3INO2/c8-7(9,10)14-5-1-4(3-13)12-6(11)2-5/h1-2,13H,3H2. The number of hydrogen-bond donors (Lipinski definition) is 1. The second-order valence-electron chi connectivity index (χ2n) is 2.32. The molecule has 0 spiro atoms. The maximum Gasteiger partial charge on any atom is 0.573 e. The van der Waals surface area contributed by atoms with Crippen LogP contribution in [0.4, 0.5) is 13.2 Å². The van der Waals surface area contributed by atoms with Crippen LogP contribution in [0, 0.1) is 3.70 Å². The third kappa shape index (κ3) is 3.66. The monoisotopic (exact) mass is 319 g/mol. The molecule has 1 heterocycles. The van der Waals surface area contributed by atoms with E-state index >= 15 is 0 Å². The van der Waals surface area contributed by atoms with E-state index in [-0.39, 0.29) is 11.4 Å². The number of rotatable bonds is 2. The van der Waals surface area contributed by atoms with E-state index in [1.165, 1.54) is 0 Å². The van der Waals surface area contributed by atoms with Crippen molar-refractivity contribution >= 4 is 22.6 Å². The minimum Gasteiger partial charge on any atom is -0.406 e. The second kappa shape index (κ2) is 4.30. The van der Waals surface area contributed by atoms with Crippen molar-refractivity contribution in [2.24, 2.45) is 0 Å². The fourth-order valence-electron chi connectivity index (χ4n) is 0.799. The Morgan fingerprint density at radius 3 is 2.57 bits per heavy atom. The van der Waals surface area contributed by atoms with E-state index in [0.717, 1.165) is 12.1 Å². The van der Waals surface area contributed by atoms with Gasteiger partial charge in [-0.05, 0) is 22.6 Å². The van der Waals surface area contributed by atoms with Crippen molar-refractivity contribution in [3.05, 3.63) is 21.5 Å². The SMILES string of the molecule is OCc1cc(OC(F)(F)F)cc(I)n1. The van der Waals surface area contributed by atoms with Crippen molar-refractivity contribution in [1.82, 2.24) is 4.98 Å². The highest BCUT2D eigenvalue weighted by Gasteiger charge is 2.31. The normalized spacial score (nSPS) is 11.5. The molecule has 0 fully saturated rings. The quantitative estimate of drug-likeness (QED) is 0.670. The van der Waals surface area contributed by atoms with E-state index < -0.39 is 13.0 Å². The highest BCUT2D eigenvalue weighted by molar-refractivity contribution is 14.1. The molecule has 0 unspecified atom stereocenters.